The highest BCUT2D eigenvalue weighted by atomic mass is 14.3. The minimum Gasteiger partial charge on any atom is -0.308 e. The molecule has 0 heterocycles. The Morgan fingerprint density at radius 2 is 1.73 bits per heavy atom. The number of hydrogen-bond acceptors (Lipinski definition) is 1. The van der Waals surface area contributed by atoms with E-state index in [0.29, 0.717) is 0 Å². The van der Waals surface area contributed by atoms with E-state index in [4.69, 9.17) is 5.41 Å². The Bertz CT molecular complexity index is 541. The molecule has 1 aliphatic rings. The Morgan fingerprint density at radius 1 is 0.933 bits per heavy atom. The summed E-state index contributed by atoms with van der Waals surface area (Å²) in [6.45, 7) is 0. The summed E-state index contributed by atoms with van der Waals surface area (Å²) in [6.07, 6.45) is 2.42. The average molecular weight is 193 g/mol. The molecule has 1 heteroatoms. The van der Waals surface area contributed by atoms with Gasteiger partial charge in [0.05, 0.1) is 0 Å². The third-order valence-corrected chi connectivity index (χ3v) is 3.04. The van der Waals surface area contributed by atoms with Crippen molar-refractivity contribution < 1.29 is 0 Å². The maximum atomic E-state index is 7.39. The summed E-state index contributed by atoms with van der Waals surface area (Å²) in [7, 11) is 0. The van der Waals surface area contributed by atoms with Crippen molar-refractivity contribution in [1.29, 1.82) is 5.41 Å². The minimum absolute atomic E-state index is 0.969. The topological polar surface area (TPSA) is 23.9 Å². The molecule has 0 unspecified atom stereocenters. The first-order chi connectivity index (χ1) is 7.40. The van der Waals surface area contributed by atoms with Crippen LogP contribution in [0.2, 0.25) is 0 Å². The monoisotopic (exact) mass is 193 g/mol. The molecule has 0 radical (unpaired) electrons. The highest BCUT2D eigenvalue weighted by Gasteiger charge is 2.19. The first-order valence-electron chi connectivity index (χ1n) is 5.11. The van der Waals surface area contributed by atoms with E-state index in [2.05, 4.69) is 30.3 Å². The van der Waals surface area contributed by atoms with E-state index in [1.165, 1.54) is 28.5 Å². The lowest BCUT2D eigenvalue weighted by molar-refractivity contribution is 1.25. The highest BCUT2D eigenvalue weighted by molar-refractivity contribution is 5.88. The summed E-state index contributed by atoms with van der Waals surface area (Å²) in [5.74, 6) is 0. The Labute approximate surface area is 88.9 Å². The number of nitrogens with one attached hydrogen (secondary N) is 1. The van der Waals surface area contributed by atoms with Gasteiger partial charge in [-0.3, -0.25) is 0 Å². The summed E-state index contributed by atoms with van der Waals surface area (Å²) >= 11 is 0. The fourth-order valence-electron chi connectivity index (χ4n) is 2.32. The van der Waals surface area contributed by atoms with Crippen LogP contribution in [-0.2, 0) is 6.42 Å². The van der Waals surface area contributed by atoms with Crippen LogP contribution in [0.1, 0.15) is 16.7 Å². The van der Waals surface area contributed by atoms with Crippen LogP contribution in [0.3, 0.4) is 0 Å². The van der Waals surface area contributed by atoms with E-state index in [0.717, 1.165) is 12.0 Å². The van der Waals surface area contributed by atoms with Gasteiger partial charge in [-0.2, -0.15) is 0 Å². The van der Waals surface area contributed by atoms with Gasteiger partial charge >= 0.3 is 0 Å². The summed E-state index contributed by atoms with van der Waals surface area (Å²) < 4.78 is 0. The smallest absolute Gasteiger partial charge is 0.0253 e. The molecule has 0 aliphatic heterocycles. The maximum Gasteiger partial charge on any atom is 0.0253 e. The molecule has 0 atom stereocenters. The van der Waals surface area contributed by atoms with E-state index >= 15 is 0 Å². The van der Waals surface area contributed by atoms with E-state index in [9.17, 15) is 0 Å². The molecule has 72 valence electrons. The number of fused-ring (bicyclic) bond motifs is 3. The Hall–Kier alpha value is -1.89. The normalized spacial score (nSPS) is 12.0. The zero-order valence-electron chi connectivity index (χ0n) is 8.33. The fourth-order valence-corrected chi connectivity index (χ4v) is 2.32. The SMILES string of the molecule is N=Cc1cccc2c1Cc1ccccc1-2. The molecule has 15 heavy (non-hydrogen) atoms. The van der Waals surface area contributed by atoms with E-state index in [1.54, 1.807) is 0 Å². The molecule has 0 saturated heterocycles. The van der Waals surface area contributed by atoms with Crippen LogP contribution in [0.15, 0.2) is 42.5 Å². The largest absolute Gasteiger partial charge is 0.308 e. The molecule has 3 rings (SSSR count). The lowest BCUT2D eigenvalue weighted by atomic mass is 10.0. The van der Waals surface area contributed by atoms with Gasteiger partial charge in [0, 0.05) is 6.21 Å². The van der Waals surface area contributed by atoms with Crippen LogP contribution >= 0.6 is 0 Å². The van der Waals surface area contributed by atoms with Gasteiger partial charge in [0.15, 0.2) is 0 Å². The Morgan fingerprint density at radius 3 is 2.60 bits per heavy atom. The van der Waals surface area contributed by atoms with Crippen LogP contribution in [0.25, 0.3) is 11.1 Å². The van der Waals surface area contributed by atoms with E-state index < -0.39 is 0 Å². The van der Waals surface area contributed by atoms with Gasteiger partial charge in [0.1, 0.15) is 0 Å². The lowest BCUT2D eigenvalue weighted by Crippen LogP contribution is -1.89. The van der Waals surface area contributed by atoms with Crippen molar-refractivity contribution in [3.63, 3.8) is 0 Å². The molecule has 0 spiro atoms. The maximum absolute atomic E-state index is 7.39. The summed E-state index contributed by atoms with van der Waals surface area (Å²) in [5.41, 5.74) is 6.35. The van der Waals surface area contributed by atoms with E-state index in [1.807, 2.05) is 12.1 Å². The van der Waals surface area contributed by atoms with Gasteiger partial charge in [-0.05, 0) is 34.2 Å². The van der Waals surface area contributed by atoms with Gasteiger partial charge in [-0.15, -0.1) is 0 Å². The van der Waals surface area contributed by atoms with Crippen LogP contribution < -0.4 is 0 Å². The van der Waals surface area contributed by atoms with Gasteiger partial charge in [-0.25, -0.2) is 0 Å². The third kappa shape index (κ3) is 1.13. The third-order valence-electron chi connectivity index (χ3n) is 3.04. The van der Waals surface area contributed by atoms with Crippen molar-refractivity contribution in [3.8, 4) is 11.1 Å². The van der Waals surface area contributed by atoms with Crippen LogP contribution in [-0.4, -0.2) is 6.21 Å². The number of hydrogen-bond donors (Lipinski definition) is 1. The van der Waals surface area contributed by atoms with Crippen molar-refractivity contribution in [1.82, 2.24) is 0 Å². The molecule has 0 saturated carbocycles. The molecule has 2 aromatic rings. The summed E-state index contributed by atoms with van der Waals surface area (Å²) in [5, 5.41) is 7.39. The van der Waals surface area contributed by atoms with Gasteiger partial charge < -0.3 is 5.41 Å². The second-order valence-electron chi connectivity index (χ2n) is 3.85. The predicted octanol–water partition coefficient (Wildman–Crippen LogP) is 3.26. The van der Waals surface area contributed by atoms with Crippen molar-refractivity contribution in [2.75, 3.05) is 0 Å². The van der Waals surface area contributed by atoms with Crippen LogP contribution in [0.4, 0.5) is 0 Å². The molecule has 1 aliphatic carbocycles. The van der Waals surface area contributed by atoms with E-state index in [-0.39, 0.29) is 0 Å². The Balaban J connectivity index is 2.30. The standard InChI is InChI=1S/C14H11N/c15-9-11-5-3-7-13-12-6-2-1-4-10(12)8-14(11)13/h1-7,9,15H,8H2. The van der Waals surface area contributed by atoms with Crippen molar-refractivity contribution in [2.45, 2.75) is 6.42 Å². The quantitative estimate of drug-likeness (QED) is 0.573. The first-order valence-corrected chi connectivity index (χ1v) is 5.11. The molecule has 1 nitrogen and oxygen atoms in total. The molecule has 2 aromatic carbocycles. The molecule has 0 bridgehead atoms. The van der Waals surface area contributed by atoms with Crippen molar-refractivity contribution in [2.24, 2.45) is 0 Å². The zero-order chi connectivity index (χ0) is 10.3. The second kappa shape index (κ2) is 3.06. The summed E-state index contributed by atoms with van der Waals surface area (Å²) in [4.78, 5) is 0. The average Bonchev–Trinajstić information content (AvgIpc) is 2.67. The van der Waals surface area contributed by atoms with Crippen LogP contribution in [0.5, 0.6) is 0 Å². The molecular weight excluding hydrogens is 182 g/mol. The van der Waals surface area contributed by atoms with Gasteiger partial charge in [-0.1, -0.05) is 42.5 Å². The molecule has 1 N–H and O–H groups in total. The van der Waals surface area contributed by atoms with Gasteiger partial charge in [0.25, 0.3) is 0 Å². The van der Waals surface area contributed by atoms with Gasteiger partial charge in [0.2, 0.25) is 0 Å². The first kappa shape index (κ1) is 8.42. The number of benzene rings is 2. The van der Waals surface area contributed by atoms with Crippen molar-refractivity contribution in [3.05, 3.63) is 59.2 Å². The highest BCUT2D eigenvalue weighted by Crippen LogP contribution is 2.37. The molecule has 0 fully saturated rings. The molecule has 0 amide bonds. The predicted molar refractivity (Wildman–Crippen MR) is 62.6 cm³/mol. The second-order valence-corrected chi connectivity index (χ2v) is 3.85. The molecule has 0 aromatic heterocycles. The minimum atomic E-state index is 0.969. The fraction of sp³-hybridized carbons (Fsp3) is 0.0714. The Kier molecular flexibility index (Phi) is 1.72. The molecular formula is C14H11N. The van der Waals surface area contributed by atoms with Crippen molar-refractivity contribution >= 4 is 6.21 Å². The lowest BCUT2D eigenvalue weighted by Gasteiger charge is -2.02. The van der Waals surface area contributed by atoms with Crippen LogP contribution in [0, 0.1) is 5.41 Å². The summed E-state index contributed by atoms with van der Waals surface area (Å²) in [6, 6.07) is 14.7. The number of rotatable bonds is 1. The zero-order valence-corrected chi connectivity index (χ0v) is 8.33.